The summed E-state index contributed by atoms with van der Waals surface area (Å²) in [6.45, 7) is 11.4. The van der Waals surface area contributed by atoms with Gasteiger partial charge in [-0.25, -0.2) is 0 Å². The Kier molecular flexibility index (Phi) is 6.96. The summed E-state index contributed by atoms with van der Waals surface area (Å²) in [5.74, 6) is 1.04. The average Bonchev–Trinajstić information content (AvgIpc) is 2.75. The molecule has 1 rings (SSSR count). The third kappa shape index (κ3) is 3.73. The Hall–Kier alpha value is -0.610. The van der Waals surface area contributed by atoms with Gasteiger partial charge in [0.15, 0.2) is 0 Å². The Morgan fingerprint density at radius 1 is 1.30 bits per heavy atom. The highest BCUT2D eigenvalue weighted by Gasteiger charge is 2.44. The van der Waals surface area contributed by atoms with Crippen molar-refractivity contribution in [2.24, 2.45) is 11.8 Å². The molecule has 1 aliphatic rings. The van der Waals surface area contributed by atoms with Gasteiger partial charge in [0.05, 0.1) is 24.9 Å². The van der Waals surface area contributed by atoms with Crippen LogP contribution in [0.3, 0.4) is 0 Å². The fourth-order valence-electron chi connectivity index (χ4n) is 3.03. The van der Waals surface area contributed by atoms with E-state index in [2.05, 4.69) is 44.8 Å². The van der Waals surface area contributed by atoms with Crippen LogP contribution in [0.4, 0.5) is 0 Å². The van der Waals surface area contributed by atoms with E-state index in [1.807, 2.05) is 0 Å². The Bertz CT molecular complexity index is 301. The highest BCUT2D eigenvalue weighted by atomic mass is 16.5. The minimum absolute atomic E-state index is 0.0383. The van der Waals surface area contributed by atoms with Crippen LogP contribution < -0.4 is 5.32 Å². The highest BCUT2D eigenvalue weighted by molar-refractivity contribution is 5.85. The Morgan fingerprint density at radius 2 is 1.95 bits per heavy atom. The number of nitrogens with zero attached hydrogens (tertiary/aromatic N) is 1. The predicted octanol–water partition coefficient (Wildman–Crippen LogP) is 2.63. The van der Waals surface area contributed by atoms with Crippen molar-refractivity contribution in [3.8, 4) is 0 Å². The van der Waals surface area contributed by atoms with E-state index in [1.165, 1.54) is 0 Å². The third-order valence-electron chi connectivity index (χ3n) is 4.39. The fourth-order valence-corrected chi connectivity index (χ4v) is 3.03. The van der Waals surface area contributed by atoms with Crippen LogP contribution in [0.2, 0.25) is 0 Å². The first-order valence-electron chi connectivity index (χ1n) is 8.04. The monoisotopic (exact) mass is 284 g/mol. The molecule has 1 heterocycles. The van der Waals surface area contributed by atoms with Crippen LogP contribution in [0.15, 0.2) is 0 Å². The number of amides is 1. The lowest BCUT2D eigenvalue weighted by atomic mass is 9.99. The van der Waals surface area contributed by atoms with Crippen LogP contribution in [-0.2, 0) is 9.53 Å². The van der Waals surface area contributed by atoms with E-state index in [0.717, 1.165) is 19.3 Å². The molecular formula is C16H32N2O2. The zero-order chi connectivity index (χ0) is 15.3. The summed E-state index contributed by atoms with van der Waals surface area (Å²) >= 11 is 0. The van der Waals surface area contributed by atoms with Crippen molar-refractivity contribution in [2.45, 2.75) is 72.1 Å². The topological polar surface area (TPSA) is 41.6 Å². The van der Waals surface area contributed by atoms with Gasteiger partial charge in [0.1, 0.15) is 0 Å². The van der Waals surface area contributed by atoms with Crippen LogP contribution in [0.1, 0.15) is 53.9 Å². The van der Waals surface area contributed by atoms with Gasteiger partial charge in [-0.2, -0.15) is 0 Å². The van der Waals surface area contributed by atoms with Gasteiger partial charge in [0.2, 0.25) is 5.91 Å². The number of nitrogens with one attached hydrogen (secondary N) is 1. The maximum absolute atomic E-state index is 12.8. The van der Waals surface area contributed by atoms with Gasteiger partial charge >= 0.3 is 0 Å². The molecule has 0 aliphatic carbocycles. The minimum atomic E-state index is -0.0383. The average molecular weight is 284 g/mol. The van der Waals surface area contributed by atoms with E-state index < -0.39 is 0 Å². The molecule has 1 aliphatic heterocycles. The van der Waals surface area contributed by atoms with Crippen molar-refractivity contribution >= 4 is 5.91 Å². The first-order valence-corrected chi connectivity index (χ1v) is 8.04. The molecule has 118 valence electrons. The maximum Gasteiger partial charge on any atom is 0.241 e. The van der Waals surface area contributed by atoms with E-state index in [4.69, 9.17) is 4.74 Å². The van der Waals surface area contributed by atoms with Gasteiger partial charge in [0.25, 0.3) is 0 Å². The highest BCUT2D eigenvalue weighted by Crippen LogP contribution is 2.26. The summed E-state index contributed by atoms with van der Waals surface area (Å²) in [4.78, 5) is 14.9. The maximum atomic E-state index is 12.8. The van der Waals surface area contributed by atoms with Crippen molar-refractivity contribution in [3.05, 3.63) is 0 Å². The zero-order valence-corrected chi connectivity index (χ0v) is 14.0. The van der Waals surface area contributed by atoms with E-state index in [-0.39, 0.29) is 24.2 Å². The first-order chi connectivity index (χ1) is 9.47. The Labute approximate surface area is 124 Å². The molecule has 1 fully saturated rings. The van der Waals surface area contributed by atoms with Gasteiger partial charge in [0, 0.05) is 7.11 Å². The summed E-state index contributed by atoms with van der Waals surface area (Å²) in [6.07, 6.45) is 3.22. The molecule has 0 aromatic rings. The second-order valence-corrected chi connectivity index (χ2v) is 6.36. The van der Waals surface area contributed by atoms with Gasteiger partial charge in [-0.1, -0.05) is 47.5 Å². The zero-order valence-electron chi connectivity index (χ0n) is 14.0. The number of carbonyl (C=O) groups excluding carboxylic acids is 1. The number of methoxy groups -OCH3 is 1. The van der Waals surface area contributed by atoms with Gasteiger partial charge in [-0.05, 0) is 18.3 Å². The molecule has 1 amide bonds. The van der Waals surface area contributed by atoms with Crippen molar-refractivity contribution in [2.75, 3.05) is 13.7 Å². The SMILES string of the molecule is CCCC(COC)N1C(=O)C(C(C)CC)NC1C(C)C. The second-order valence-electron chi connectivity index (χ2n) is 6.36. The van der Waals surface area contributed by atoms with Gasteiger partial charge < -0.3 is 9.64 Å². The fraction of sp³-hybridized carbons (Fsp3) is 0.938. The molecule has 4 atom stereocenters. The molecule has 4 unspecified atom stereocenters. The molecule has 0 aromatic heterocycles. The molecule has 0 saturated carbocycles. The lowest BCUT2D eigenvalue weighted by Crippen LogP contribution is -2.49. The summed E-state index contributed by atoms with van der Waals surface area (Å²) < 4.78 is 5.35. The lowest BCUT2D eigenvalue weighted by Gasteiger charge is -2.34. The number of hydrogen-bond donors (Lipinski definition) is 1. The molecule has 1 N–H and O–H groups in total. The predicted molar refractivity (Wildman–Crippen MR) is 82.4 cm³/mol. The molecule has 20 heavy (non-hydrogen) atoms. The summed E-state index contributed by atoms with van der Waals surface area (Å²) in [6, 6.07) is 0.148. The summed E-state index contributed by atoms with van der Waals surface area (Å²) in [5, 5.41) is 3.56. The van der Waals surface area contributed by atoms with Crippen molar-refractivity contribution in [1.82, 2.24) is 10.2 Å². The lowest BCUT2D eigenvalue weighted by molar-refractivity contribution is -0.135. The van der Waals surface area contributed by atoms with Crippen LogP contribution >= 0.6 is 0 Å². The summed E-state index contributed by atoms with van der Waals surface area (Å²) in [7, 11) is 1.72. The Morgan fingerprint density at radius 3 is 2.40 bits per heavy atom. The number of ether oxygens (including phenoxy) is 1. The van der Waals surface area contributed by atoms with Crippen molar-refractivity contribution in [3.63, 3.8) is 0 Å². The second kappa shape index (κ2) is 7.99. The van der Waals surface area contributed by atoms with Crippen LogP contribution in [0.5, 0.6) is 0 Å². The molecule has 0 aromatic carbocycles. The van der Waals surface area contributed by atoms with Crippen molar-refractivity contribution in [1.29, 1.82) is 0 Å². The van der Waals surface area contributed by atoms with Gasteiger partial charge in [-0.15, -0.1) is 0 Å². The van der Waals surface area contributed by atoms with Crippen LogP contribution in [0.25, 0.3) is 0 Å². The van der Waals surface area contributed by atoms with Crippen LogP contribution in [0, 0.1) is 11.8 Å². The first kappa shape index (κ1) is 17.4. The molecule has 4 heteroatoms. The third-order valence-corrected chi connectivity index (χ3v) is 4.39. The number of carbonyl (C=O) groups is 1. The smallest absolute Gasteiger partial charge is 0.241 e. The number of rotatable bonds is 8. The van der Waals surface area contributed by atoms with E-state index in [9.17, 15) is 4.79 Å². The molecular weight excluding hydrogens is 252 g/mol. The molecule has 0 spiro atoms. The van der Waals surface area contributed by atoms with Gasteiger partial charge in [-0.3, -0.25) is 10.1 Å². The molecule has 4 nitrogen and oxygen atoms in total. The Balaban J connectivity index is 2.95. The molecule has 0 radical (unpaired) electrons. The summed E-state index contributed by atoms with van der Waals surface area (Å²) in [5.41, 5.74) is 0. The van der Waals surface area contributed by atoms with Crippen LogP contribution in [-0.4, -0.2) is 42.8 Å². The largest absolute Gasteiger partial charge is 0.383 e. The van der Waals surface area contributed by atoms with E-state index >= 15 is 0 Å². The minimum Gasteiger partial charge on any atom is -0.383 e. The normalized spacial score (nSPS) is 26.4. The van der Waals surface area contributed by atoms with E-state index in [0.29, 0.717) is 18.4 Å². The standard InChI is InChI=1S/C16H32N2O2/c1-7-9-13(10-20-6)18-15(11(3)4)17-14(16(18)19)12(5)8-2/h11-15,17H,7-10H2,1-6H3. The van der Waals surface area contributed by atoms with Crippen molar-refractivity contribution < 1.29 is 9.53 Å². The molecule has 1 saturated heterocycles. The number of hydrogen-bond acceptors (Lipinski definition) is 3. The van der Waals surface area contributed by atoms with E-state index in [1.54, 1.807) is 7.11 Å². The quantitative estimate of drug-likeness (QED) is 0.745. The molecule has 0 bridgehead atoms.